The second kappa shape index (κ2) is 8.50. The third kappa shape index (κ3) is 3.93. The van der Waals surface area contributed by atoms with E-state index in [9.17, 15) is 14.4 Å². The van der Waals surface area contributed by atoms with Crippen molar-refractivity contribution in [2.45, 2.75) is 52.0 Å². The summed E-state index contributed by atoms with van der Waals surface area (Å²) in [4.78, 5) is 42.3. The number of nitrogens with zero attached hydrogens (tertiary/aromatic N) is 2. The van der Waals surface area contributed by atoms with Crippen LogP contribution in [0.3, 0.4) is 0 Å². The Morgan fingerprint density at radius 1 is 1.20 bits per heavy atom. The van der Waals surface area contributed by atoms with Gasteiger partial charge < -0.3 is 10.6 Å². The number of anilines is 2. The van der Waals surface area contributed by atoms with Crippen LogP contribution in [0.1, 0.15) is 51.0 Å². The zero-order valence-electron chi connectivity index (χ0n) is 17.5. The number of benzene rings is 1. The molecule has 3 atom stereocenters. The lowest BCUT2D eigenvalue weighted by molar-refractivity contribution is -0.119. The summed E-state index contributed by atoms with van der Waals surface area (Å²) in [5.41, 5.74) is 6.14. The molecule has 2 bridgehead atoms. The Hall–Kier alpha value is -2.83. The molecule has 2 aromatic rings. The number of nitrogen functional groups attached to an aromatic ring is 1. The lowest BCUT2D eigenvalue weighted by Gasteiger charge is -2.27. The third-order valence-electron chi connectivity index (χ3n) is 6.74. The van der Waals surface area contributed by atoms with Crippen molar-refractivity contribution in [2.75, 3.05) is 17.2 Å². The first-order chi connectivity index (χ1) is 14.5. The van der Waals surface area contributed by atoms with Crippen LogP contribution in [-0.2, 0) is 11.3 Å². The van der Waals surface area contributed by atoms with E-state index in [0.29, 0.717) is 31.2 Å². The summed E-state index contributed by atoms with van der Waals surface area (Å²) in [5.74, 6) is 1.75. The van der Waals surface area contributed by atoms with Gasteiger partial charge in [-0.1, -0.05) is 43.7 Å². The molecule has 1 aromatic heterocycles. The van der Waals surface area contributed by atoms with Crippen LogP contribution in [0, 0.1) is 17.8 Å². The van der Waals surface area contributed by atoms with E-state index in [0.717, 1.165) is 17.9 Å². The maximum Gasteiger partial charge on any atom is 0.330 e. The highest BCUT2D eigenvalue weighted by Crippen LogP contribution is 2.49. The molecule has 30 heavy (non-hydrogen) atoms. The summed E-state index contributed by atoms with van der Waals surface area (Å²) >= 11 is 0. The summed E-state index contributed by atoms with van der Waals surface area (Å²) in [7, 11) is 0. The van der Waals surface area contributed by atoms with Crippen LogP contribution < -0.4 is 21.9 Å². The second-order valence-corrected chi connectivity index (χ2v) is 8.75. The standard InChI is InChI=1S/C23H30N4O3/c1-2-10-26(19(28)13-18-12-16-8-9-17(18)11-16)20-21(24)27(23(30)25-22(20)29)14-15-6-4-3-5-7-15/h3-7,16-18H,2,8-14,24H2,1H3,(H,25,29,30). The Bertz CT molecular complexity index is 1030. The smallest absolute Gasteiger partial charge is 0.330 e. The molecule has 2 saturated carbocycles. The number of carbonyl (C=O) groups excluding carboxylic acids is 1. The number of nitrogens with one attached hydrogen (secondary N) is 1. The van der Waals surface area contributed by atoms with Crippen molar-refractivity contribution in [1.82, 2.24) is 9.55 Å². The molecule has 1 aromatic carbocycles. The Morgan fingerprint density at radius 3 is 2.60 bits per heavy atom. The molecule has 4 rings (SSSR count). The highest BCUT2D eigenvalue weighted by molar-refractivity contribution is 5.95. The SMILES string of the molecule is CCCN(C(=O)CC1CC2CCC1C2)c1c(N)n(Cc2ccccc2)c(=O)[nH]c1=O. The lowest BCUT2D eigenvalue weighted by Crippen LogP contribution is -2.42. The molecule has 0 radical (unpaired) electrons. The largest absolute Gasteiger partial charge is 0.383 e. The van der Waals surface area contributed by atoms with Crippen molar-refractivity contribution < 1.29 is 4.79 Å². The highest BCUT2D eigenvalue weighted by Gasteiger charge is 2.41. The van der Waals surface area contributed by atoms with Gasteiger partial charge in [-0.3, -0.25) is 19.1 Å². The van der Waals surface area contributed by atoms with Crippen molar-refractivity contribution in [1.29, 1.82) is 0 Å². The minimum Gasteiger partial charge on any atom is -0.383 e. The molecule has 2 aliphatic rings. The van der Waals surface area contributed by atoms with Gasteiger partial charge in [0.25, 0.3) is 5.56 Å². The Balaban J connectivity index is 1.65. The van der Waals surface area contributed by atoms with Crippen LogP contribution in [-0.4, -0.2) is 22.0 Å². The number of H-pyrrole nitrogens is 1. The minimum absolute atomic E-state index is 0.0438. The van der Waals surface area contributed by atoms with Gasteiger partial charge in [-0.25, -0.2) is 4.79 Å². The quantitative estimate of drug-likeness (QED) is 0.733. The number of amides is 1. The summed E-state index contributed by atoms with van der Waals surface area (Å²) in [5, 5.41) is 0. The van der Waals surface area contributed by atoms with Crippen LogP contribution in [0.15, 0.2) is 39.9 Å². The molecule has 0 aliphatic heterocycles. The average Bonchev–Trinajstić information content (AvgIpc) is 3.34. The molecular formula is C23H30N4O3. The van der Waals surface area contributed by atoms with Gasteiger partial charge in [0.1, 0.15) is 5.82 Å². The van der Waals surface area contributed by atoms with Gasteiger partial charge in [0.2, 0.25) is 5.91 Å². The molecule has 1 heterocycles. The minimum atomic E-state index is -0.600. The first kappa shape index (κ1) is 20.4. The molecule has 3 unspecified atom stereocenters. The number of hydrogen-bond donors (Lipinski definition) is 2. The second-order valence-electron chi connectivity index (χ2n) is 8.75. The predicted octanol–water partition coefficient (Wildman–Crippen LogP) is 2.74. The van der Waals surface area contributed by atoms with Crippen molar-refractivity contribution in [3.63, 3.8) is 0 Å². The molecule has 7 heteroatoms. The Labute approximate surface area is 175 Å². The topological polar surface area (TPSA) is 101 Å². The number of hydrogen-bond acceptors (Lipinski definition) is 4. The molecule has 160 valence electrons. The van der Waals surface area contributed by atoms with Gasteiger partial charge in [0, 0.05) is 13.0 Å². The maximum atomic E-state index is 13.3. The lowest BCUT2D eigenvalue weighted by atomic mass is 9.86. The summed E-state index contributed by atoms with van der Waals surface area (Å²) in [6.07, 6.45) is 5.97. The van der Waals surface area contributed by atoms with E-state index < -0.39 is 11.2 Å². The summed E-state index contributed by atoms with van der Waals surface area (Å²) in [6.45, 7) is 2.59. The number of nitrogens with two attached hydrogens (primary N) is 1. The molecule has 3 N–H and O–H groups in total. The predicted molar refractivity (Wildman–Crippen MR) is 117 cm³/mol. The van der Waals surface area contributed by atoms with Crippen molar-refractivity contribution >= 4 is 17.4 Å². The van der Waals surface area contributed by atoms with E-state index >= 15 is 0 Å². The number of aromatic amines is 1. The average molecular weight is 411 g/mol. The van der Waals surface area contributed by atoms with E-state index in [4.69, 9.17) is 5.73 Å². The number of carbonyl (C=O) groups is 1. The van der Waals surface area contributed by atoms with Gasteiger partial charge >= 0.3 is 5.69 Å². The van der Waals surface area contributed by atoms with Crippen LogP contribution in [0.2, 0.25) is 0 Å². The van der Waals surface area contributed by atoms with E-state index in [-0.39, 0.29) is 24.0 Å². The molecule has 0 spiro atoms. The summed E-state index contributed by atoms with van der Waals surface area (Å²) in [6, 6.07) is 9.43. The summed E-state index contributed by atoms with van der Waals surface area (Å²) < 4.78 is 1.33. The van der Waals surface area contributed by atoms with E-state index in [1.807, 2.05) is 37.3 Å². The number of fused-ring (bicyclic) bond motifs is 2. The number of aromatic nitrogens is 2. The normalized spacial score (nSPS) is 22.4. The van der Waals surface area contributed by atoms with Gasteiger partial charge in [-0.2, -0.15) is 0 Å². The number of rotatable bonds is 7. The van der Waals surface area contributed by atoms with Crippen molar-refractivity contribution in [3.8, 4) is 0 Å². The van der Waals surface area contributed by atoms with Gasteiger partial charge in [0.05, 0.1) is 6.54 Å². The molecular weight excluding hydrogens is 380 g/mol. The van der Waals surface area contributed by atoms with Crippen LogP contribution in [0.4, 0.5) is 11.5 Å². The van der Waals surface area contributed by atoms with E-state index in [2.05, 4.69) is 4.98 Å². The first-order valence-electron chi connectivity index (χ1n) is 10.9. The van der Waals surface area contributed by atoms with E-state index in [1.165, 1.54) is 28.7 Å². The van der Waals surface area contributed by atoms with E-state index in [1.54, 1.807) is 0 Å². The third-order valence-corrected chi connectivity index (χ3v) is 6.74. The Morgan fingerprint density at radius 2 is 1.97 bits per heavy atom. The van der Waals surface area contributed by atoms with Gasteiger partial charge in [0.15, 0.2) is 5.69 Å². The maximum absolute atomic E-state index is 13.3. The molecule has 2 aliphatic carbocycles. The van der Waals surface area contributed by atoms with Crippen LogP contribution in [0.5, 0.6) is 0 Å². The zero-order valence-corrected chi connectivity index (χ0v) is 17.5. The Kier molecular flexibility index (Phi) is 5.79. The van der Waals surface area contributed by atoms with Gasteiger partial charge in [-0.05, 0) is 49.0 Å². The molecule has 2 fully saturated rings. The zero-order chi connectivity index (χ0) is 21.3. The van der Waals surface area contributed by atoms with Gasteiger partial charge in [-0.15, -0.1) is 0 Å². The highest BCUT2D eigenvalue weighted by atomic mass is 16.2. The van der Waals surface area contributed by atoms with Crippen LogP contribution in [0.25, 0.3) is 0 Å². The monoisotopic (exact) mass is 410 g/mol. The van der Waals surface area contributed by atoms with Crippen molar-refractivity contribution in [2.24, 2.45) is 17.8 Å². The van der Waals surface area contributed by atoms with Crippen LogP contribution >= 0.6 is 0 Å². The molecule has 7 nitrogen and oxygen atoms in total. The molecule has 1 amide bonds. The van der Waals surface area contributed by atoms with Crippen molar-refractivity contribution in [3.05, 3.63) is 56.7 Å². The fourth-order valence-corrected chi connectivity index (χ4v) is 5.31. The fourth-order valence-electron chi connectivity index (χ4n) is 5.31. The molecule has 0 saturated heterocycles. The first-order valence-corrected chi connectivity index (χ1v) is 10.9. The fraction of sp³-hybridized carbons (Fsp3) is 0.522.